The molecule has 8 nitrogen and oxygen atoms in total. The molecule has 0 fully saturated rings. The van der Waals surface area contributed by atoms with Gasteiger partial charge in [-0.3, -0.25) is 9.78 Å². The number of benzene rings is 1. The van der Waals surface area contributed by atoms with Crippen molar-refractivity contribution in [3.63, 3.8) is 0 Å². The van der Waals surface area contributed by atoms with Gasteiger partial charge in [-0.1, -0.05) is 18.2 Å². The zero-order valence-corrected chi connectivity index (χ0v) is 16.2. The number of pyridine rings is 1. The molecule has 1 N–H and O–H groups in total. The van der Waals surface area contributed by atoms with E-state index in [-0.39, 0.29) is 11.7 Å². The van der Waals surface area contributed by atoms with E-state index in [1.807, 2.05) is 12.1 Å². The number of aromatic nitrogens is 6. The highest BCUT2D eigenvalue weighted by Gasteiger charge is 2.19. The van der Waals surface area contributed by atoms with E-state index in [0.29, 0.717) is 34.5 Å². The number of thiazole rings is 1. The van der Waals surface area contributed by atoms with E-state index in [0.717, 1.165) is 11.1 Å². The van der Waals surface area contributed by atoms with Crippen molar-refractivity contribution in [1.29, 1.82) is 0 Å². The van der Waals surface area contributed by atoms with Crippen molar-refractivity contribution in [3.8, 4) is 10.8 Å². The maximum Gasteiger partial charge on any atom is 0.263 e. The third kappa shape index (κ3) is 4.49. The molecule has 0 saturated heterocycles. The molecule has 3 aromatic heterocycles. The fourth-order valence-electron chi connectivity index (χ4n) is 2.62. The molecular weight excluding hydrogens is 393 g/mol. The minimum absolute atomic E-state index is 0.214. The average Bonchev–Trinajstić information content (AvgIpc) is 3.35. The van der Waals surface area contributed by atoms with Gasteiger partial charge < -0.3 is 5.32 Å². The third-order valence-corrected chi connectivity index (χ3v) is 5.21. The van der Waals surface area contributed by atoms with E-state index in [9.17, 15) is 9.18 Å². The number of carbonyl (C=O) groups is 1. The first-order valence-corrected chi connectivity index (χ1v) is 9.57. The van der Waals surface area contributed by atoms with E-state index in [1.54, 1.807) is 31.5 Å². The molecule has 0 aliphatic rings. The molecule has 0 aliphatic carbocycles. The molecule has 4 rings (SSSR count). The van der Waals surface area contributed by atoms with E-state index in [1.165, 1.54) is 28.3 Å². The zero-order chi connectivity index (χ0) is 20.2. The van der Waals surface area contributed by atoms with Gasteiger partial charge in [0.2, 0.25) is 5.82 Å². The lowest BCUT2D eigenvalue weighted by Gasteiger charge is -2.03. The van der Waals surface area contributed by atoms with Crippen LogP contribution in [-0.4, -0.2) is 36.1 Å². The summed E-state index contributed by atoms with van der Waals surface area (Å²) in [5.41, 5.74) is 2.36. The summed E-state index contributed by atoms with van der Waals surface area (Å²) in [5.74, 6) is -0.172. The van der Waals surface area contributed by atoms with Crippen molar-refractivity contribution < 1.29 is 9.18 Å². The summed E-state index contributed by atoms with van der Waals surface area (Å²) >= 11 is 1.21. The van der Waals surface area contributed by atoms with Crippen LogP contribution in [0.1, 0.15) is 26.5 Å². The molecule has 0 saturated carbocycles. The van der Waals surface area contributed by atoms with Gasteiger partial charge in [0.1, 0.15) is 10.7 Å². The van der Waals surface area contributed by atoms with Crippen LogP contribution in [0.5, 0.6) is 0 Å². The molecule has 0 unspecified atom stereocenters. The van der Waals surface area contributed by atoms with Gasteiger partial charge in [-0.2, -0.15) is 4.80 Å². The molecule has 0 radical (unpaired) electrons. The lowest BCUT2D eigenvalue weighted by molar-refractivity contribution is 0.0954. The predicted molar refractivity (Wildman–Crippen MR) is 105 cm³/mol. The van der Waals surface area contributed by atoms with Gasteiger partial charge in [-0.15, -0.1) is 21.5 Å². The highest BCUT2D eigenvalue weighted by atomic mass is 32.1. The number of nitrogens with zero attached hydrogens (tertiary/aromatic N) is 6. The Labute approximate surface area is 169 Å². The van der Waals surface area contributed by atoms with Crippen LogP contribution in [0.2, 0.25) is 0 Å². The Morgan fingerprint density at radius 2 is 2.03 bits per heavy atom. The average molecular weight is 409 g/mol. The Morgan fingerprint density at radius 1 is 1.21 bits per heavy atom. The Morgan fingerprint density at radius 3 is 2.79 bits per heavy atom. The van der Waals surface area contributed by atoms with Gasteiger partial charge in [0, 0.05) is 18.9 Å². The van der Waals surface area contributed by atoms with Gasteiger partial charge in [0.15, 0.2) is 5.01 Å². The molecule has 4 aromatic rings. The van der Waals surface area contributed by atoms with Crippen LogP contribution in [0.15, 0.2) is 48.8 Å². The Kier molecular flexibility index (Phi) is 5.34. The number of hydrogen-bond donors (Lipinski definition) is 1. The largest absolute Gasteiger partial charge is 0.347 e. The highest BCUT2D eigenvalue weighted by Crippen LogP contribution is 2.25. The molecule has 146 valence electrons. The molecule has 10 heteroatoms. The molecule has 3 heterocycles. The summed E-state index contributed by atoms with van der Waals surface area (Å²) in [6.07, 6.45) is 3.38. The van der Waals surface area contributed by atoms with Crippen molar-refractivity contribution in [1.82, 2.24) is 35.5 Å². The molecule has 1 aromatic carbocycles. The standard InChI is InChI=1S/C19H16FN7OS/c1-12-16(18(28)22-10-14-3-2-8-21-9-14)29-19(23-12)17-24-26-27(25-17)11-13-4-6-15(20)7-5-13/h2-9H,10-11H2,1H3,(H,22,28). The zero-order valence-electron chi connectivity index (χ0n) is 15.4. The molecule has 0 spiro atoms. The van der Waals surface area contributed by atoms with Gasteiger partial charge in [0.05, 0.1) is 12.2 Å². The molecule has 0 atom stereocenters. The Balaban J connectivity index is 1.45. The normalized spacial score (nSPS) is 10.8. The monoisotopic (exact) mass is 409 g/mol. The maximum absolute atomic E-state index is 13.0. The van der Waals surface area contributed by atoms with Gasteiger partial charge in [0.25, 0.3) is 5.91 Å². The maximum atomic E-state index is 13.0. The highest BCUT2D eigenvalue weighted by molar-refractivity contribution is 7.17. The smallest absolute Gasteiger partial charge is 0.263 e. The van der Waals surface area contributed by atoms with Gasteiger partial charge in [-0.25, -0.2) is 9.37 Å². The Bertz CT molecular complexity index is 1130. The quantitative estimate of drug-likeness (QED) is 0.526. The number of tetrazole rings is 1. The van der Waals surface area contributed by atoms with Crippen molar-refractivity contribution in [3.05, 3.63) is 76.3 Å². The van der Waals surface area contributed by atoms with Crippen LogP contribution in [-0.2, 0) is 13.1 Å². The summed E-state index contributed by atoms with van der Waals surface area (Å²) in [6, 6.07) is 9.80. The first-order valence-electron chi connectivity index (χ1n) is 8.75. The van der Waals surface area contributed by atoms with Crippen LogP contribution in [0, 0.1) is 12.7 Å². The number of aryl methyl sites for hydroxylation is 1. The van der Waals surface area contributed by atoms with Crippen molar-refractivity contribution in [2.24, 2.45) is 0 Å². The first kappa shape index (κ1) is 18.8. The van der Waals surface area contributed by atoms with Gasteiger partial charge >= 0.3 is 0 Å². The SMILES string of the molecule is Cc1nc(-c2nnn(Cc3ccc(F)cc3)n2)sc1C(=O)NCc1cccnc1. The number of hydrogen-bond acceptors (Lipinski definition) is 7. The molecule has 0 bridgehead atoms. The number of rotatable bonds is 6. The van der Waals surface area contributed by atoms with E-state index in [4.69, 9.17) is 0 Å². The Hall–Kier alpha value is -3.53. The minimum Gasteiger partial charge on any atom is -0.347 e. The summed E-state index contributed by atoms with van der Waals surface area (Å²) in [7, 11) is 0. The molecule has 0 aliphatic heterocycles. The van der Waals surface area contributed by atoms with E-state index < -0.39 is 0 Å². The van der Waals surface area contributed by atoms with Crippen LogP contribution in [0.4, 0.5) is 4.39 Å². The summed E-state index contributed by atoms with van der Waals surface area (Å²) in [6.45, 7) is 2.50. The van der Waals surface area contributed by atoms with Crippen molar-refractivity contribution in [2.45, 2.75) is 20.0 Å². The second-order valence-corrected chi connectivity index (χ2v) is 7.25. The van der Waals surface area contributed by atoms with Crippen molar-refractivity contribution in [2.75, 3.05) is 0 Å². The topological polar surface area (TPSA) is 98.5 Å². The third-order valence-electron chi connectivity index (χ3n) is 4.06. The van der Waals surface area contributed by atoms with Crippen LogP contribution in [0.25, 0.3) is 10.8 Å². The lowest BCUT2D eigenvalue weighted by Crippen LogP contribution is -2.22. The lowest BCUT2D eigenvalue weighted by atomic mass is 10.2. The number of amides is 1. The summed E-state index contributed by atoms with van der Waals surface area (Å²) < 4.78 is 13.0. The number of nitrogens with one attached hydrogen (secondary N) is 1. The van der Waals surface area contributed by atoms with Gasteiger partial charge in [-0.05, 0) is 41.5 Å². The van der Waals surface area contributed by atoms with Crippen LogP contribution in [0.3, 0.4) is 0 Å². The molecular formula is C19H16FN7OS. The minimum atomic E-state index is -0.298. The number of halogens is 1. The second kappa shape index (κ2) is 8.23. The molecule has 1 amide bonds. The first-order chi connectivity index (χ1) is 14.1. The number of carbonyl (C=O) groups excluding carboxylic acids is 1. The fraction of sp³-hybridized carbons (Fsp3) is 0.158. The predicted octanol–water partition coefficient (Wildman–Crippen LogP) is 2.62. The van der Waals surface area contributed by atoms with Crippen LogP contribution < -0.4 is 5.32 Å². The second-order valence-electron chi connectivity index (χ2n) is 6.25. The fourth-order valence-corrected chi connectivity index (χ4v) is 3.52. The molecule has 29 heavy (non-hydrogen) atoms. The van der Waals surface area contributed by atoms with E-state index in [2.05, 4.69) is 30.7 Å². The summed E-state index contributed by atoms with van der Waals surface area (Å²) in [5, 5.41) is 15.7. The summed E-state index contributed by atoms with van der Waals surface area (Å²) in [4.78, 5) is 22.8. The van der Waals surface area contributed by atoms with Crippen LogP contribution >= 0.6 is 11.3 Å². The van der Waals surface area contributed by atoms with E-state index >= 15 is 0 Å². The van der Waals surface area contributed by atoms with Crippen molar-refractivity contribution >= 4 is 17.2 Å².